The Hall–Kier alpha value is -1.78. The van der Waals surface area contributed by atoms with Crippen molar-refractivity contribution in [1.29, 1.82) is 0 Å². The van der Waals surface area contributed by atoms with Crippen LogP contribution in [0.15, 0.2) is 36.4 Å². The van der Waals surface area contributed by atoms with Gasteiger partial charge in [-0.3, -0.25) is 0 Å². The van der Waals surface area contributed by atoms with Crippen LogP contribution in [-0.4, -0.2) is 27.4 Å². The highest BCUT2D eigenvalue weighted by Crippen LogP contribution is 2.50. The van der Waals surface area contributed by atoms with Crippen molar-refractivity contribution < 1.29 is 18.3 Å². The van der Waals surface area contributed by atoms with Gasteiger partial charge in [-0.2, -0.15) is 0 Å². The van der Waals surface area contributed by atoms with Crippen LogP contribution in [0.2, 0.25) is 0 Å². The quantitative estimate of drug-likeness (QED) is 0.857. The molecule has 2 aromatic carbocycles. The Labute approximate surface area is 122 Å². The number of halogens is 2. The summed E-state index contributed by atoms with van der Waals surface area (Å²) in [5.74, 6) is -1.67. The van der Waals surface area contributed by atoms with Crippen molar-refractivity contribution in [2.24, 2.45) is 0 Å². The van der Waals surface area contributed by atoms with Gasteiger partial charge in [0.05, 0.1) is 18.6 Å². The summed E-state index contributed by atoms with van der Waals surface area (Å²) in [5, 5.41) is 0. The van der Waals surface area contributed by atoms with Crippen LogP contribution >= 0.6 is 0 Å². The fraction of sp³-hybridized carbons (Fsp3) is 0.294. The van der Waals surface area contributed by atoms with Crippen LogP contribution in [0.4, 0.5) is 8.78 Å². The van der Waals surface area contributed by atoms with Crippen LogP contribution in [-0.2, 0) is 14.9 Å². The second-order valence-electron chi connectivity index (χ2n) is 5.28. The maximum atomic E-state index is 14.5. The summed E-state index contributed by atoms with van der Waals surface area (Å²) in [6.45, 7) is 0.455. The van der Waals surface area contributed by atoms with Crippen molar-refractivity contribution in [2.45, 2.75) is 5.41 Å². The first-order valence-corrected chi connectivity index (χ1v) is 6.72. The molecule has 21 heavy (non-hydrogen) atoms. The minimum absolute atomic E-state index is 0.227. The molecule has 0 bridgehead atoms. The van der Waals surface area contributed by atoms with E-state index in [2.05, 4.69) is 0 Å². The number of methoxy groups -OCH3 is 2. The molecule has 0 unspecified atom stereocenters. The van der Waals surface area contributed by atoms with Crippen molar-refractivity contribution in [2.75, 3.05) is 27.4 Å². The molecule has 4 heteroatoms. The third-order valence-corrected chi connectivity index (χ3v) is 4.09. The molecule has 2 aromatic rings. The topological polar surface area (TPSA) is 18.5 Å². The number of fused-ring (bicyclic) bond motifs is 3. The SMILES string of the molecule is COCC1(COC)c2ccccc2-c2ccc(F)c(F)c21. The fourth-order valence-corrected chi connectivity index (χ4v) is 3.35. The molecule has 0 spiro atoms. The Morgan fingerprint density at radius 2 is 1.57 bits per heavy atom. The van der Waals surface area contributed by atoms with E-state index in [1.807, 2.05) is 24.3 Å². The molecule has 0 radical (unpaired) electrons. The summed E-state index contributed by atoms with van der Waals surface area (Å²) >= 11 is 0. The number of benzene rings is 2. The van der Waals surface area contributed by atoms with E-state index in [-0.39, 0.29) is 13.2 Å². The van der Waals surface area contributed by atoms with Gasteiger partial charge < -0.3 is 9.47 Å². The lowest BCUT2D eigenvalue weighted by molar-refractivity contribution is 0.0794. The maximum Gasteiger partial charge on any atom is 0.163 e. The Kier molecular flexibility index (Phi) is 3.51. The highest BCUT2D eigenvalue weighted by molar-refractivity contribution is 5.81. The molecule has 0 fully saturated rings. The third-order valence-electron chi connectivity index (χ3n) is 4.09. The first-order chi connectivity index (χ1) is 10.2. The van der Waals surface area contributed by atoms with E-state index in [9.17, 15) is 8.78 Å². The molecule has 0 atom stereocenters. The lowest BCUT2D eigenvalue weighted by Gasteiger charge is -2.30. The largest absolute Gasteiger partial charge is 0.383 e. The molecular weight excluding hydrogens is 274 g/mol. The maximum absolute atomic E-state index is 14.5. The molecule has 110 valence electrons. The summed E-state index contributed by atoms with van der Waals surface area (Å²) in [4.78, 5) is 0. The molecule has 0 saturated heterocycles. The molecule has 3 rings (SSSR count). The van der Waals surface area contributed by atoms with Crippen molar-refractivity contribution in [1.82, 2.24) is 0 Å². The van der Waals surface area contributed by atoms with Crippen molar-refractivity contribution in [3.63, 3.8) is 0 Å². The summed E-state index contributed by atoms with van der Waals surface area (Å²) in [7, 11) is 3.10. The molecule has 0 N–H and O–H groups in total. The van der Waals surface area contributed by atoms with Gasteiger partial charge in [0.2, 0.25) is 0 Å². The van der Waals surface area contributed by atoms with Gasteiger partial charge in [0.25, 0.3) is 0 Å². The van der Waals surface area contributed by atoms with E-state index in [4.69, 9.17) is 9.47 Å². The standard InChI is InChI=1S/C17H16F2O2/c1-20-9-17(10-21-2)13-6-4-3-5-11(13)12-7-8-14(18)16(19)15(12)17/h3-8H,9-10H2,1-2H3. The zero-order valence-corrected chi connectivity index (χ0v) is 12.0. The van der Waals surface area contributed by atoms with Crippen LogP contribution < -0.4 is 0 Å². The summed E-state index contributed by atoms with van der Waals surface area (Å²) < 4.78 is 38.9. The van der Waals surface area contributed by atoms with Gasteiger partial charge in [0, 0.05) is 19.8 Å². The van der Waals surface area contributed by atoms with Crippen molar-refractivity contribution in [3.05, 3.63) is 59.2 Å². The van der Waals surface area contributed by atoms with Gasteiger partial charge in [0.15, 0.2) is 11.6 Å². The average Bonchev–Trinajstić information content (AvgIpc) is 2.76. The lowest BCUT2D eigenvalue weighted by Crippen LogP contribution is -2.36. The Balaban J connectivity index is 2.37. The zero-order chi connectivity index (χ0) is 15.0. The minimum Gasteiger partial charge on any atom is -0.383 e. The molecular formula is C17H16F2O2. The van der Waals surface area contributed by atoms with E-state index in [1.54, 1.807) is 20.3 Å². The van der Waals surface area contributed by atoms with E-state index in [0.29, 0.717) is 11.1 Å². The Morgan fingerprint density at radius 1 is 0.905 bits per heavy atom. The van der Waals surface area contributed by atoms with Crippen LogP contribution in [0.5, 0.6) is 0 Å². The smallest absolute Gasteiger partial charge is 0.163 e. The molecule has 1 aliphatic carbocycles. The molecule has 0 amide bonds. The Morgan fingerprint density at radius 3 is 2.24 bits per heavy atom. The number of ether oxygens (including phenoxy) is 2. The summed E-state index contributed by atoms with van der Waals surface area (Å²) in [6, 6.07) is 10.4. The van der Waals surface area contributed by atoms with Gasteiger partial charge in [-0.25, -0.2) is 8.78 Å². The van der Waals surface area contributed by atoms with Crippen molar-refractivity contribution in [3.8, 4) is 11.1 Å². The van der Waals surface area contributed by atoms with E-state index in [1.165, 1.54) is 6.07 Å². The van der Waals surface area contributed by atoms with Crippen LogP contribution in [0.25, 0.3) is 11.1 Å². The van der Waals surface area contributed by atoms with Crippen molar-refractivity contribution >= 4 is 0 Å². The van der Waals surface area contributed by atoms with E-state index in [0.717, 1.165) is 11.1 Å². The number of hydrogen-bond acceptors (Lipinski definition) is 2. The van der Waals surface area contributed by atoms with E-state index < -0.39 is 17.0 Å². The summed E-state index contributed by atoms with van der Waals surface area (Å²) in [6.07, 6.45) is 0. The first-order valence-electron chi connectivity index (χ1n) is 6.72. The first kappa shape index (κ1) is 14.2. The number of hydrogen-bond donors (Lipinski definition) is 0. The third kappa shape index (κ3) is 1.90. The highest BCUT2D eigenvalue weighted by atomic mass is 19.2. The van der Waals surface area contributed by atoms with Crippen LogP contribution in [0, 0.1) is 11.6 Å². The second kappa shape index (κ2) is 5.20. The molecule has 2 nitrogen and oxygen atoms in total. The van der Waals surface area contributed by atoms with Crippen LogP contribution in [0.3, 0.4) is 0 Å². The van der Waals surface area contributed by atoms with E-state index >= 15 is 0 Å². The fourth-order valence-electron chi connectivity index (χ4n) is 3.35. The Bertz CT molecular complexity index is 676. The molecule has 0 heterocycles. The van der Waals surface area contributed by atoms with Gasteiger partial charge in [0.1, 0.15) is 0 Å². The predicted octanol–water partition coefficient (Wildman–Crippen LogP) is 3.52. The zero-order valence-electron chi connectivity index (χ0n) is 12.0. The van der Waals surface area contributed by atoms with Crippen LogP contribution in [0.1, 0.15) is 11.1 Å². The highest BCUT2D eigenvalue weighted by Gasteiger charge is 2.46. The molecule has 0 aliphatic heterocycles. The molecule has 1 aliphatic rings. The second-order valence-corrected chi connectivity index (χ2v) is 5.28. The number of rotatable bonds is 4. The van der Waals surface area contributed by atoms with Gasteiger partial charge in [-0.15, -0.1) is 0 Å². The molecule has 0 saturated carbocycles. The lowest BCUT2D eigenvalue weighted by atomic mass is 9.79. The molecule has 0 aromatic heterocycles. The predicted molar refractivity (Wildman–Crippen MR) is 76.3 cm³/mol. The summed E-state index contributed by atoms with van der Waals surface area (Å²) in [5.41, 5.74) is 2.03. The van der Waals surface area contributed by atoms with Gasteiger partial charge >= 0.3 is 0 Å². The van der Waals surface area contributed by atoms with Gasteiger partial charge in [-0.1, -0.05) is 30.3 Å². The average molecular weight is 290 g/mol. The minimum atomic E-state index is -0.849. The van der Waals surface area contributed by atoms with Gasteiger partial charge in [-0.05, 0) is 22.8 Å². The normalized spacial score (nSPS) is 14.9. The monoisotopic (exact) mass is 290 g/mol.